The van der Waals surface area contributed by atoms with Crippen molar-refractivity contribution < 1.29 is 9.13 Å². The van der Waals surface area contributed by atoms with Crippen LogP contribution in [-0.2, 0) is 0 Å². The minimum Gasteiger partial charge on any atom is -0.489 e. The van der Waals surface area contributed by atoms with Gasteiger partial charge in [-0.25, -0.2) is 9.38 Å². The Morgan fingerprint density at radius 3 is 3.00 bits per heavy atom. The lowest BCUT2D eigenvalue weighted by molar-refractivity contribution is 0.227. The molecule has 4 nitrogen and oxygen atoms in total. The topological polar surface area (TPSA) is 50.8 Å². The van der Waals surface area contributed by atoms with Crippen LogP contribution in [0.2, 0.25) is 0 Å². The first-order chi connectivity index (χ1) is 10.0. The number of hydrogen-bond acceptors (Lipinski definition) is 2. The molecule has 0 saturated carbocycles. The second-order valence-corrected chi connectivity index (χ2v) is 5.78. The number of hydrogen-bond donors (Lipinski definition) is 1. The molecule has 1 heterocycles. The van der Waals surface area contributed by atoms with Crippen LogP contribution in [-0.4, -0.2) is 36.6 Å². The van der Waals surface area contributed by atoms with Gasteiger partial charge in [0.2, 0.25) is 0 Å². The van der Waals surface area contributed by atoms with Crippen LogP contribution in [0.4, 0.5) is 4.39 Å². The lowest BCUT2D eigenvalue weighted by Gasteiger charge is -2.31. The van der Waals surface area contributed by atoms with Crippen LogP contribution in [0.25, 0.3) is 0 Å². The SMILES string of the molecule is CC1CCCN(C(N)=NCC(C)Oc2cccc(F)c2)C1.I. The van der Waals surface area contributed by atoms with Gasteiger partial charge < -0.3 is 15.4 Å². The Morgan fingerprint density at radius 2 is 2.32 bits per heavy atom. The summed E-state index contributed by atoms with van der Waals surface area (Å²) in [6.07, 6.45) is 2.27. The molecule has 0 amide bonds. The Bertz CT molecular complexity index is 498. The molecular formula is C16H25FIN3O. The fourth-order valence-electron chi connectivity index (χ4n) is 2.53. The lowest BCUT2D eigenvalue weighted by atomic mass is 10.0. The molecule has 2 atom stereocenters. The smallest absolute Gasteiger partial charge is 0.191 e. The molecule has 22 heavy (non-hydrogen) atoms. The number of ether oxygens (including phenoxy) is 1. The van der Waals surface area contributed by atoms with E-state index in [0.717, 1.165) is 19.5 Å². The molecule has 2 rings (SSSR count). The van der Waals surface area contributed by atoms with Gasteiger partial charge >= 0.3 is 0 Å². The molecule has 1 fully saturated rings. The van der Waals surface area contributed by atoms with E-state index in [4.69, 9.17) is 10.5 Å². The molecule has 0 bridgehead atoms. The second kappa shape index (κ2) is 9.17. The average molecular weight is 421 g/mol. The van der Waals surface area contributed by atoms with Crippen LogP contribution in [0.1, 0.15) is 26.7 Å². The van der Waals surface area contributed by atoms with Crippen molar-refractivity contribution in [1.29, 1.82) is 0 Å². The molecule has 1 aliphatic rings. The number of halogens is 2. The molecule has 124 valence electrons. The number of piperidine rings is 1. The molecule has 1 saturated heterocycles. The van der Waals surface area contributed by atoms with Gasteiger partial charge in [-0.15, -0.1) is 24.0 Å². The summed E-state index contributed by atoms with van der Waals surface area (Å²) < 4.78 is 18.7. The highest BCUT2D eigenvalue weighted by Gasteiger charge is 2.17. The normalized spacial score (nSPS) is 20.2. The molecule has 1 aromatic rings. The van der Waals surface area contributed by atoms with Crippen LogP contribution in [0.15, 0.2) is 29.3 Å². The van der Waals surface area contributed by atoms with Crippen LogP contribution < -0.4 is 10.5 Å². The Morgan fingerprint density at radius 1 is 1.55 bits per heavy atom. The fourth-order valence-corrected chi connectivity index (χ4v) is 2.53. The summed E-state index contributed by atoms with van der Waals surface area (Å²) in [6.45, 7) is 6.54. The van der Waals surface area contributed by atoms with E-state index in [2.05, 4.69) is 16.8 Å². The third kappa shape index (κ3) is 5.98. The highest BCUT2D eigenvalue weighted by Crippen LogP contribution is 2.16. The van der Waals surface area contributed by atoms with Crippen LogP contribution in [0.5, 0.6) is 5.75 Å². The van der Waals surface area contributed by atoms with Crippen molar-refractivity contribution in [1.82, 2.24) is 4.90 Å². The van der Waals surface area contributed by atoms with Crippen LogP contribution in [0, 0.1) is 11.7 Å². The van der Waals surface area contributed by atoms with Crippen molar-refractivity contribution >= 4 is 29.9 Å². The third-order valence-corrected chi connectivity index (χ3v) is 3.62. The van der Waals surface area contributed by atoms with Crippen molar-refractivity contribution in [3.63, 3.8) is 0 Å². The van der Waals surface area contributed by atoms with Gasteiger partial charge in [0.25, 0.3) is 0 Å². The van der Waals surface area contributed by atoms with Crippen molar-refractivity contribution in [2.45, 2.75) is 32.8 Å². The van der Waals surface area contributed by atoms with Gasteiger partial charge in [-0.2, -0.15) is 0 Å². The highest BCUT2D eigenvalue weighted by atomic mass is 127. The number of nitrogens with zero attached hydrogens (tertiary/aromatic N) is 2. The number of nitrogens with two attached hydrogens (primary N) is 1. The average Bonchev–Trinajstić information content (AvgIpc) is 2.45. The van der Waals surface area contributed by atoms with Crippen molar-refractivity contribution in [3.8, 4) is 5.75 Å². The van der Waals surface area contributed by atoms with Gasteiger partial charge in [-0.05, 0) is 37.8 Å². The second-order valence-electron chi connectivity index (χ2n) is 5.78. The molecule has 1 aliphatic heterocycles. The largest absolute Gasteiger partial charge is 0.489 e. The van der Waals surface area contributed by atoms with Gasteiger partial charge in [-0.1, -0.05) is 13.0 Å². The molecule has 0 spiro atoms. The Labute approximate surface area is 148 Å². The third-order valence-electron chi connectivity index (χ3n) is 3.62. The van der Waals surface area contributed by atoms with E-state index in [1.54, 1.807) is 12.1 Å². The molecule has 0 radical (unpaired) electrons. The van der Waals surface area contributed by atoms with Crippen molar-refractivity contribution in [2.75, 3.05) is 19.6 Å². The molecule has 2 N–H and O–H groups in total. The molecule has 6 heteroatoms. The first-order valence-electron chi connectivity index (χ1n) is 7.51. The first-order valence-corrected chi connectivity index (χ1v) is 7.51. The standard InChI is InChI=1S/C16H24FN3O.HI/c1-12-5-4-8-20(11-12)16(18)19-10-13(2)21-15-7-3-6-14(17)9-15;/h3,6-7,9,12-13H,4-5,8,10-11H2,1-2H3,(H2,18,19);1H. The first kappa shape index (κ1) is 19.0. The van der Waals surface area contributed by atoms with E-state index in [1.807, 2.05) is 6.92 Å². The number of guanidine groups is 1. The van der Waals surface area contributed by atoms with Gasteiger partial charge in [0.1, 0.15) is 17.7 Å². The van der Waals surface area contributed by atoms with Gasteiger partial charge in [-0.3, -0.25) is 0 Å². The van der Waals surface area contributed by atoms with Gasteiger partial charge in [0.05, 0.1) is 6.54 Å². The predicted octanol–water partition coefficient (Wildman–Crippen LogP) is 3.26. The van der Waals surface area contributed by atoms with E-state index < -0.39 is 0 Å². The zero-order valence-corrected chi connectivity index (χ0v) is 15.5. The quantitative estimate of drug-likeness (QED) is 0.462. The maximum atomic E-state index is 13.1. The molecular weight excluding hydrogens is 396 g/mol. The summed E-state index contributed by atoms with van der Waals surface area (Å²) in [4.78, 5) is 6.53. The van der Waals surface area contributed by atoms with E-state index in [0.29, 0.717) is 24.2 Å². The number of aliphatic imine (C=N–C) groups is 1. The van der Waals surface area contributed by atoms with Crippen LogP contribution >= 0.6 is 24.0 Å². The van der Waals surface area contributed by atoms with Gasteiger partial charge in [0, 0.05) is 19.2 Å². The van der Waals surface area contributed by atoms with Crippen LogP contribution in [0.3, 0.4) is 0 Å². The van der Waals surface area contributed by atoms with Gasteiger partial charge in [0.15, 0.2) is 5.96 Å². The summed E-state index contributed by atoms with van der Waals surface area (Å²) in [6, 6.07) is 6.13. The zero-order chi connectivity index (χ0) is 15.2. The maximum Gasteiger partial charge on any atom is 0.191 e. The zero-order valence-electron chi connectivity index (χ0n) is 13.2. The van der Waals surface area contributed by atoms with E-state index in [-0.39, 0.29) is 35.9 Å². The van der Waals surface area contributed by atoms with Crippen molar-refractivity contribution in [2.24, 2.45) is 16.6 Å². The minimum atomic E-state index is -0.301. The summed E-state index contributed by atoms with van der Waals surface area (Å²) >= 11 is 0. The predicted molar refractivity (Wildman–Crippen MR) is 98.4 cm³/mol. The monoisotopic (exact) mass is 421 g/mol. The lowest BCUT2D eigenvalue weighted by Crippen LogP contribution is -2.43. The number of likely N-dealkylation sites (tertiary alicyclic amines) is 1. The molecule has 2 unspecified atom stereocenters. The molecule has 0 aliphatic carbocycles. The number of benzene rings is 1. The summed E-state index contributed by atoms with van der Waals surface area (Å²) in [5, 5.41) is 0. The summed E-state index contributed by atoms with van der Waals surface area (Å²) in [5.41, 5.74) is 6.04. The van der Waals surface area contributed by atoms with E-state index in [1.165, 1.54) is 18.6 Å². The number of rotatable bonds is 4. The Balaban J connectivity index is 0.00000242. The maximum absolute atomic E-state index is 13.1. The molecule has 0 aromatic heterocycles. The van der Waals surface area contributed by atoms with E-state index in [9.17, 15) is 4.39 Å². The summed E-state index contributed by atoms with van der Waals surface area (Å²) in [5.74, 6) is 1.46. The highest BCUT2D eigenvalue weighted by molar-refractivity contribution is 14.0. The minimum absolute atomic E-state index is 0. The Hall–Kier alpha value is -1.05. The van der Waals surface area contributed by atoms with Crippen molar-refractivity contribution in [3.05, 3.63) is 30.1 Å². The van der Waals surface area contributed by atoms with E-state index >= 15 is 0 Å². The molecule has 1 aromatic carbocycles. The summed E-state index contributed by atoms with van der Waals surface area (Å²) in [7, 11) is 0. The Kier molecular flexibility index (Phi) is 7.92. The fraction of sp³-hybridized carbons (Fsp3) is 0.562.